The van der Waals surface area contributed by atoms with Crippen LogP contribution in [0.5, 0.6) is 0 Å². The zero-order valence-electron chi connectivity index (χ0n) is 11.1. The Balaban J connectivity index is 2.25. The van der Waals surface area contributed by atoms with Gasteiger partial charge in [0, 0.05) is 9.26 Å². The molecule has 0 spiro atoms. The summed E-state index contributed by atoms with van der Waals surface area (Å²) in [5.41, 5.74) is 1.17. The molecule has 0 aromatic heterocycles. The predicted molar refractivity (Wildman–Crippen MR) is 92.0 cm³/mol. The summed E-state index contributed by atoms with van der Waals surface area (Å²) in [6.07, 6.45) is 1.04. The molecule has 0 radical (unpaired) electrons. The maximum Gasteiger partial charge on any atom is 0.257 e. The molecule has 2 aromatic rings. The molecule has 0 heterocycles. The van der Waals surface area contributed by atoms with Gasteiger partial charge in [0.15, 0.2) is 0 Å². The second kappa shape index (κ2) is 6.44. The minimum absolute atomic E-state index is 0.253. The van der Waals surface area contributed by atoms with E-state index in [-0.39, 0.29) is 17.2 Å². The highest BCUT2D eigenvalue weighted by molar-refractivity contribution is 14.1. The lowest BCUT2D eigenvalue weighted by molar-refractivity contribution is 0.102. The van der Waals surface area contributed by atoms with Crippen LogP contribution in [0, 0.1) is 3.57 Å². The van der Waals surface area contributed by atoms with E-state index in [0.29, 0.717) is 5.69 Å². The number of sulfonamides is 1. The van der Waals surface area contributed by atoms with Crippen LogP contribution in [0.4, 0.5) is 11.4 Å². The van der Waals surface area contributed by atoms with Gasteiger partial charge in [-0.2, -0.15) is 0 Å². The van der Waals surface area contributed by atoms with E-state index in [4.69, 9.17) is 0 Å². The molecule has 0 bridgehead atoms. The van der Waals surface area contributed by atoms with E-state index in [1.54, 1.807) is 36.4 Å². The second-order valence-corrected chi connectivity index (χ2v) is 7.37. The number of anilines is 2. The van der Waals surface area contributed by atoms with Crippen LogP contribution in [0.3, 0.4) is 0 Å². The van der Waals surface area contributed by atoms with Gasteiger partial charge < -0.3 is 5.32 Å². The number of halogens is 1. The van der Waals surface area contributed by atoms with Crippen molar-refractivity contribution in [3.8, 4) is 0 Å². The van der Waals surface area contributed by atoms with Gasteiger partial charge in [-0.1, -0.05) is 12.1 Å². The average molecular weight is 416 g/mol. The quantitative estimate of drug-likeness (QED) is 0.753. The SMILES string of the molecule is CS(=O)(=O)Nc1ccccc1C(=O)Nc1ccc(I)cc1. The molecule has 1 amide bonds. The van der Waals surface area contributed by atoms with Gasteiger partial charge in [-0.3, -0.25) is 9.52 Å². The molecule has 21 heavy (non-hydrogen) atoms. The van der Waals surface area contributed by atoms with Gasteiger partial charge in [-0.05, 0) is 59.0 Å². The highest BCUT2D eigenvalue weighted by Crippen LogP contribution is 2.19. The normalized spacial score (nSPS) is 11.0. The molecule has 2 rings (SSSR count). The Hall–Kier alpha value is -1.61. The molecule has 2 N–H and O–H groups in total. The fourth-order valence-corrected chi connectivity index (χ4v) is 2.64. The lowest BCUT2D eigenvalue weighted by Crippen LogP contribution is -2.17. The molecule has 0 aliphatic heterocycles. The van der Waals surface area contributed by atoms with Gasteiger partial charge >= 0.3 is 0 Å². The topological polar surface area (TPSA) is 75.3 Å². The Labute approximate surface area is 137 Å². The van der Waals surface area contributed by atoms with Gasteiger partial charge in [-0.25, -0.2) is 8.42 Å². The van der Waals surface area contributed by atoms with Gasteiger partial charge in [0.2, 0.25) is 10.0 Å². The summed E-state index contributed by atoms with van der Waals surface area (Å²) in [7, 11) is -3.44. The number of para-hydroxylation sites is 1. The van der Waals surface area contributed by atoms with E-state index < -0.39 is 10.0 Å². The minimum atomic E-state index is -3.44. The minimum Gasteiger partial charge on any atom is -0.322 e. The zero-order valence-corrected chi connectivity index (χ0v) is 14.1. The Morgan fingerprint density at radius 1 is 1.05 bits per heavy atom. The summed E-state index contributed by atoms with van der Waals surface area (Å²) in [4.78, 5) is 12.3. The number of hydrogen-bond acceptors (Lipinski definition) is 3. The smallest absolute Gasteiger partial charge is 0.257 e. The van der Waals surface area contributed by atoms with Crippen molar-refractivity contribution < 1.29 is 13.2 Å². The van der Waals surface area contributed by atoms with Crippen molar-refractivity contribution in [3.05, 3.63) is 57.7 Å². The van der Waals surface area contributed by atoms with Crippen LogP contribution in [0.15, 0.2) is 48.5 Å². The Morgan fingerprint density at radius 2 is 1.67 bits per heavy atom. The van der Waals surface area contributed by atoms with Crippen molar-refractivity contribution in [2.45, 2.75) is 0 Å². The molecule has 7 heteroatoms. The van der Waals surface area contributed by atoms with Crippen LogP contribution >= 0.6 is 22.6 Å². The largest absolute Gasteiger partial charge is 0.322 e. The number of carbonyl (C=O) groups is 1. The van der Waals surface area contributed by atoms with Gasteiger partial charge in [0.1, 0.15) is 0 Å². The Kier molecular flexibility index (Phi) is 4.84. The molecular formula is C14H13IN2O3S. The third-order valence-electron chi connectivity index (χ3n) is 2.57. The summed E-state index contributed by atoms with van der Waals surface area (Å²) in [5, 5.41) is 2.73. The maximum absolute atomic E-state index is 12.3. The standard InChI is InChI=1S/C14H13IN2O3S/c1-21(19,20)17-13-5-3-2-4-12(13)14(18)16-11-8-6-10(15)7-9-11/h2-9,17H,1H3,(H,16,18). The van der Waals surface area contributed by atoms with Crippen LogP contribution in [0.2, 0.25) is 0 Å². The van der Waals surface area contributed by atoms with Gasteiger partial charge in [-0.15, -0.1) is 0 Å². The van der Waals surface area contributed by atoms with Crippen molar-refractivity contribution in [1.29, 1.82) is 0 Å². The summed E-state index contributed by atoms with van der Waals surface area (Å²) >= 11 is 2.17. The van der Waals surface area contributed by atoms with E-state index in [1.165, 1.54) is 0 Å². The highest BCUT2D eigenvalue weighted by atomic mass is 127. The fourth-order valence-electron chi connectivity index (χ4n) is 1.70. The molecule has 0 aliphatic carbocycles. The molecule has 2 aromatic carbocycles. The highest BCUT2D eigenvalue weighted by Gasteiger charge is 2.13. The summed E-state index contributed by atoms with van der Waals surface area (Å²) in [6, 6.07) is 13.8. The molecule has 0 atom stereocenters. The van der Waals surface area contributed by atoms with E-state index in [0.717, 1.165) is 9.83 Å². The van der Waals surface area contributed by atoms with E-state index in [9.17, 15) is 13.2 Å². The molecule has 0 saturated heterocycles. The van der Waals surface area contributed by atoms with Crippen molar-refractivity contribution >= 4 is 49.9 Å². The van der Waals surface area contributed by atoms with Crippen molar-refractivity contribution in [1.82, 2.24) is 0 Å². The van der Waals surface area contributed by atoms with Crippen LogP contribution < -0.4 is 10.0 Å². The molecule has 110 valence electrons. The van der Waals surface area contributed by atoms with Crippen LogP contribution in [0.1, 0.15) is 10.4 Å². The second-order valence-electron chi connectivity index (χ2n) is 4.38. The predicted octanol–water partition coefficient (Wildman–Crippen LogP) is 2.92. The number of amides is 1. The number of benzene rings is 2. The Morgan fingerprint density at radius 3 is 2.29 bits per heavy atom. The van der Waals surface area contributed by atoms with Crippen LogP contribution in [0.25, 0.3) is 0 Å². The molecular weight excluding hydrogens is 403 g/mol. The lowest BCUT2D eigenvalue weighted by Gasteiger charge is -2.11. The first kappa shape index (κ1) is 15.8. The number of nitrogens with one attached hydrogen (secondary N) is 2. The number of hydrogen-bond donors (Lipinski definition) is 2. The summed E-state index contributed by atoms with van der Waals surface area (Å²) in [6.45, 7) is 0. The lowest BCUT2D eigenvalue weighted by atomic mass is 10.1. The van der Waals surface area contributed by atoms with Crippen LogP contribution in [-0.2, 0) is 10.0 Å². The monoisotopic (exact) mass is 416 g/mol. The first-order valence-corrected chi connectivity index (χ1v) is 8.96. The molecule has 0 unspecified atom stereocenters. The molecule has 0 saturated carbocycles. The van der Waals surface area contributed by atoms with Gasteiger partial charge in [0.25, 0.3) is 5.91 Å². The number of rotatable bonds is 4. The third-order valence-corrected chi connectivity index (χ3v) is 3.88. The van der Waals surface area contributed by atoms with Crippen molar-refractivity contribution in [3.63, 3.8) is 0 Å². The summed E-state index contributed by atoms with van der Waals surface area (Å²) in [5.74, 6) is -0.372. The average Bonchev–Trinajstić information content (AvgIpc) is 2.40. The molecule has 5 nitrogen and oxygen atoms in total. The van der Waals surface area contributed by atoms with E-state index >= 15 is 0 Å². The van der Waals surface area contributed by atoms with Crippen LogP contribution in [-0.4, -0.2) is 20.6 Å². The van der Waals surface area contributed by atoms with E-state index in [2.05, 4.69) is 32.6 Å². The first-order chi connectivity index (χ1) is 9.85. The van der Waals surface area contributed by atoms with Gasteiger partial charge in [0.05, 0.1) is 17.5 Å². The van der Waals surface area contributed by atoms with Crippen molar-refractivity contribution in [2.24, 2.45) is 0 Å². The summed E-state index contributed by atoms with van der Waals surface area (Å²) < 4.78 is 26.1. The molecule has 0 aliphatic rings. The third kappa shape index (κ3) is 4.71. The Bertz CT molecular complexity index is 758. The van der Waals surface area contributed by atoms with E-state index in [1.807, 2.05) is 12.1 Å². The maximum atomic E-state index is 12.3. The molecule has 0 fully saturated rings. The first-order valence-electron chi connectivity index (χ1n) is 5.99. The van der Waals surface area contributed by atoms with Crippen molar-refractivity contribution in [2.75, 3.05) is 16.3 Å². The number of carbonyl (C=O) groups excluding carboxylic acids is 1. The zero-order chi connectivity index (χ0) is 15.5. The fraction of sp³-hybridized carbons (Fsp3) is 0.0714.